The summed E-state index contributed by atoms with van der Waals surface area (Å²) in [6.45, 7) is 1.76. The van der Waals surface area contributed by atoms with Gasteiger partial charge in [-0.2, -0.15) is 0 Å². The largest absolute Gasteiger partial charge is 0.469 e. The number of esters is 1. The van der Waals surface area contributed by atoms with E-state index in [0.717, 1.165) is 0 Å². The van der Waals surface area contributed by atoms with Gasteiger partial charge >= 0.3 is 5.97 Å². The van der Waals surface area contributed by atoms with E-state index in [1.165, 1.54) is 7.11 Å². The van der Waals surface area contributed by atoms with Gasteiger partial charge in [0.1, 0.15) is 0 Å². The molecule has 0 aliphatic carbocycles. The molecule has 0 atom stereocenters. The fraction of sp³-hybridized carbons (Fsp3) is 0.750. The second kappa shape index (κ2) is 5.95. The van der Waals surface area contributed by atoms with E-state index in [1.54, 1.807) is 6.92 Å². The zero-order chi connectivity index (χ0) is 4.99. The van der Waals surface area contributed by atoms with Crippen molar-refractivity contribution >= 4 is 23.0 Å². The molecule has 0 rings (SSSR count). The molecule has 0 aliphatic rings. The number of hydrogen-bond acceptors (Lipinski definition) is 2. The quantitative estimate of drug-likeness (QED) is 0.550. The summed E-state index contributed by atoms with van der Waals surface area (Å²) in [4.78, 5) is 9.96. The number of rotatable bonds is 1. The smallest absolute Gasteiger partial charge is 0.305 e. The van der Waals surface area contributed by atoms with Gasteiger partial charge in [0.2, 0.25) is 0 Å². The Kier molecular flexibility index (Phi) is 8.54. The van der Waals surface area contributed by atoms with Crippen LogP contribution in [0.2, 0.25) is 0 Å². The maximum absolute atomic E-state index is 9.96. The third kappa shape index (κ3) is 5.95. The van der Waals surface area contributed by atoms with Crippen LogP contribution in [-0.2, 0) is 9.53 Å². The highest BCUT2D eigenvalue weighted by atomic mass is 79.9. The Balaban J connectivity index is 0. The van der Waals surface area contributed by atoms with Crippen molar-refractivity contribution < 1.29 is 9.53 Å². The lowest BCUT2D eigenvalue weighted by molar-refractivity contribution is -0.140. The SMILES string of the molecule is Br.CCC(=O)OC. The second-order valence-electron chi connectivity index (χ2n) is 0.930. The summed E-state index contributed by atoms with van der Waals surface area (Å²) in [6, 6.07) is 0. The molecule has 0 amide bonds. The number of carbonyl (C=O) groups is 1. The van der Waals surface area contributed by atoms with E-state index in [0.29, 0.717) is 6.42 Å². The molecule has 0 bridgehead atoms. The molecule has 0 fully saturated rings. The number of carbonyl (C=O) groups excluding carboxylic acids is 1. The van der Waals surface area contributed by atoms with Gasteiger partial charge in [-0.05, 0) is 0 Å². The fourth-order valence-electron chi connectivity index (χ4n) is 0.144. The second-order valence-corrected chi connectivity index (χ2v) is 0.930. The summed E-state index contributed by atoms with van der Waals surface area (Å²) >= 11 is 0. The number of ether oxygens (including phenoxy) is 1. The van der Waals surface area contributed by atoms with Crippen LogP contribution in [-0.4, -0.2) is 13.1 Å². The van der Waals surface area contributed by atoms with E-state index >= 15 is 0 Å². The lowest BCUT2D eigenvalue weighted by Crippen LogP contribution is -1.94. The first-order chi connectivity index (χ1) is 2.81. The van der Waals surface area contributed by atoms with Crippen LogP contribution < -0.4 is 0 Å². The van der Waals surface area contributed by atoms with Crippen molar-refractivity contribution in [3.05, 3.63) is 0 Å². The maximum atomic E-state index is 9.96. The lowest BCUT2D eigenvalue weighted by atomic mass is 10.5. The lowest BCUT2D eigenvalue weighted by Gasteiger charge is -1.87. The number of halogens is 1. The Morgan fingerprint density at radius 1 is 1.71 bits per heavy atom. The minimum atomic E-state index is -0.157. The van der Waals surface area contributed by atoms with E-state index in [4.69, 9.17) is 0 Å². The summed E-state index contributed by atoms with van der Waals surface area (Å²) in [5, 5.41) is 0. The molecular weight excluding hydrogens is 160 g/mol. The first-order valence-corrected chi connectivity index (χ1v) is 1.88. The highest BCUT2D eigenvalue weighted by Gasteiger charge is 1.87. The topological polar surface area (TPSA) is 26.3 Å². The molecule has 2 nitrogen and oxygen atoms in total. The Hall–Kier alpha value is -0.0500. The molecule has 0 aliphatic heterocycles. The summed E-state index contributed by atoms with van der Waals surface area (Å²) in [5.41, 5.74) is 0. The van der Waals surface area contributed by atoms with E-state index in [1.807, 2.05) is 0 Å². The summed E-state index contributed by atoms with van der Waals surface area (Å²) in [5.74, 6) is -0.157. The van der Waals surface area contributed by atoms with Crippen molar-refractivity contribution in [1.29, 1.82) is 0 Å². The van der Waals surface area contributed by atoms with E-state index in [9.17, 15) is 4.79 Å². The van der Waals surface area contributed by atoms with Crippen LogP contribution in [0.15, 0.2) is 0 Å². The minimum Gasteiger partial charge on any atom is -0.469 e. The molecular formula is C4H9BrO2. The predicted molar refractivity (Wildman–Crippen MR) is 32.6 cm³/mol. The van der Waals surface area contributed by atoms with Crippen LogP contribution in [0.1, 0.15) is 13.3 Å². The molecule has 0 N–H and O–H groups in total. The average Bonchev–Trinajstić information content (AvgIpc) is 1.65. The van der Waals surface area contributed by atoms with Gasteiger partial charge in [0.25, 0.3) is 0 Å². The minimum absolute atomic E-state index is 0. The summed E-state index contributed by atoms with van der Waals surface area (Å²) in [7, 11) is 1.38. The maximum Gasteiger partial charge on any atom is 0.305 e. The highest BCUT2D eigenvalue weighted by molar-refractivity contribution is 8.93. The highest BCUT2D eigenvalue weighted by Crippen LogP contribution is 1.76. The molecule has 0 aromatic rings. The fourth-order valence-corrected chi connectivity index (χ4v) is 0.144. The van der Waals surface area contributed by atoms with Crippen LogP contribution in [0.4, 0.5) is 0 Å². The Labute approximate surface area is 53.6 Å². The predicted octanol–water partition coefficient (Wildman–Crippen LogP) is 1.15. The van der Waals surface area contributed by atoms with Crippen molar-refractivity contribution in [2.24, 2.45) is 0 Å². The van der Waals surface area contributed by atoms with Crippen molar-refractivity contribution in [1.82, 2.24) is 0 Å². The summed E-state index contributed by atoms with van der Waals surface area (Å²) in [6.07, 6.45) is 0.469. The number of hydrogen-bond donors (Lipinski definition) is 0. The Bertz CT molecular complexity index is 47.7. The molecule has 0 unspecified atom stereocenters. The van der Waals surface area contributed by atoms with Gasteiger partial charge in [0, 0.05) is 6.42 Å². The van der Waals surface area contributed by atoms with Gasteiger partial charge < -0.3 is 4.74 Å². The molecule has 0 saturated carbocycles. The van der Waals surface area contributed by atoms with Gasteiger partial charge in [-0.3, -0.25) is 4.79 Å². The van der Waals surface area contributed by atoms with Crippen LogP contribution in [0.5, 0.6) is 0 Å². The van der Waals surface area contributed by atoms with Crippen molar-refractivity contribution in [3.63, 3.8) is 0 Å². The van der Waals surface area contributed by atoms with Crippen LogP contribution in [0.25, 0.3) is 0 Å². The molecule has 0 saturated heterocycles. The van der Waals surface area contributed by atoms with Crippen molar-refractivity contribution in [2.75, 3.05) is 7.11 Å². The molecule has 3 heteroatoms. The first kappa shape index (κ1) is 10.0. The molecule has 0 heterocycles. The zero-order valence-electron chi connectivity index (χ0n) is 4.43. The summed E-state index contributed by atoms with van der Waals surface area (Å²) < 4.78 is 4.26. The Morgan fingerprint density at radius 3 is 2.14 bits per heavy atom. The molecule has 0 aromatic heterocycles. The van der Waals surface area contributed by atoms with E-state index < -0.39 is 0 Å². The van der Waals surface area contributed by atoms with Gasteiger partial charge in [0.05, 0.1) is 7.11 Å². The van der Waals surface area contributed by atoms with E-state index in [2.05, 4.69) is 4.74 Å². The molecule has 0 radical (unpaired) electrons. The molecule has 44 valence electrons. The van der Waals surface area contributed by atoms with Crippen molar-refractivity contribution in [2.45, 2.75) is 13.3 Å². The van der Waals surface area contributed by atoms with Gasteiger partial charge in [-0.25, -0.2) is 0 Å². The molecule has 0 aromatic carbocycles. The van der Waals surface area contributed by atoms with E-state index in [-0.39, 0.29) is 23.0 Å². The molecule has 7 heavy (non-hydrogen) atoms. The third-order valence-corrected chi connectivity index (χ3v) is 0.516. The number of methoxy groups -OCH3 is 1. The van der Waals surface area contributed by atoms with Crippen LogP contribution in [0.3, 0.4) is 0 Å². The van der Waals surface area contributed by atoms with Crippen LogP contribution >= 0.6 is 17.0 Å². The zero-order valence-corrected chi connectivity index (χ0v) is 6.14. The average molecular weight is 169 g/mol. The molecule has 0 spiro atoms. The first-order valence-electron chi connectivity index (χ1n) is 1.88. The third-order valence-electron chi connectivity index (χ3n) is 0.516. The van der Waals surface area contributed by atoms with Crippen molar-refractivity contribution in [3.8, 4) is 0 Å². The van der Waals surface area contributed by atoms with Crippen LogP contribution in [0, 0.1) is 0 Å². The normalized spacial score (nSPS) is 6.57. The monoisotopic (exact) mass is 168 g/mol. The standard InChI is InChI=1S/C4H8O2.BrH/c1-3-4(5)6-2;/h3H2,1-2H3;1H. The van der Waals surface area contributed by atoms with Gasteiger partial charge in [-0.15, -0.1) is 17.0 Å². The van der Waals surface area contributed by atoms with Gasteiger partial charge in [0.15, 0.2) is 0 Å². The Morgan fingerprint density at radius 2 is 2.14 bits per heavy atom. The van der Waals surface area contributed by atoms with Gasteiger partial charge in [-0.1, -0.05) is 6.92 Å².